The van der Waals surface area contributed by atoms with Gasteiger partial charge in [-0.25, -0.2) is 4.98 Å². The third-order valence-electron chi connectivity index (χ3n) is 3.62. The van der Waals surface area contributed by atoms with Gasteiger partial charge in [0.05, 0.1) is 12.2 Å². The third-order valence-corrected chi connectivity index (χ3v) is 3.62. The maximum atomic E-state index is 12.2. The second kappa shape index (κ2) is 5.10. The van der Waals surface area contributed by atoms with Crippen molar-refractivity contribution in [1.82, 2.24) is 9.55 Å². The van der Waals surface area contributed by atoms with Crippen molar-refractivity contribution in [3.05, 3.63) is 22.7 Å². The molecule has 1 aliphatic rings. The SMILES string of the molecule is CCn1ccnc(N2CCOC(C)(CC)C2)c1=O. The second-order valence-corrected chi connectivity index (χ2v) is 4.92. The summed E-state index contributed by atoms with van der Waals surface area (Å²) in [4.78, 5) is 18.5. The molecule has 0 radical (unpaired) electrons. The first-order valence-electron chi connectivity index (χ1n) is 6.54. The van der Waals surface area contributed by atoms with Gasteiger partial charge in [0.1, 0.15) is 0 Å². The standard InChI is InChI=1S/C13H21N3O2/c1-4-13(3)10-16(8-9-18-13)11-12(17)15(5-2)7-6-14-11/h6-7H,4-5,8-10H2,1-3H3. The summed E-state index contributed by atoms with van der Waals surface area (Å²) in [5.74, 6) is 0.544. The Morgan fingerprint density at radius 3 is 2.94 bits per heavy atom. The van der Waals surface area contributed by atoms with Gasteiger partial charge in [-0.1, -0.05) is 6.92 Å². The summed E-state index contributed by atoms with van der Waals surface area (Å²) in [5.41, 5.74) is -0.195. The Labute approximate surface area is 107 Å². The Bertz CT molecular complexity index is 472. The first-order valence-corrected chi connectivity index (χ1v) is 6.54. The lowest BCUT2D eigenvalue weighted by Gasteiger charge is -2.40. The molecule has 1 unspecified atom stereocenters. The highest BCUT2D eigenvalue weighted by Gasteiger charge is 2.31. The lowest BCUT2D eigenvalue weighted by molar-refractivity contribution is -0.0444. The Balaban J connectivity index is 2.29. The van der Waals surface area contributed by atoms with Gasteiger partial charge >= 0.3 is 0 Å². The molecule has 1 aromatic heterocycles. The zero-order valence-corrected chi connectivity index (χ0v) is 11.3. The molecule has 0 aromatic carbocycles. The van der Waals surface area contributed by atoms with Crippen LogP contribution in [0.2, 0.25) is 0 Å². The molecule has 1 aromatic rings. The summed E-state index contributed by atoms with van der Waals surface area (Å²) in [6.07, 6.45) is 4.35. The van der Waals surface area contributed by atoms with Crippen LogP contribution in [0.3, 0.4) is 0 Å². The summed E-state index contributed by atoms with van der Waals surface area (Å²) in [6, 6.07) is 0. The largest absolute Gasteiger partial charge is 0.372 e. The molecule has 5 heteroatoms. The van der Waals surface area contributed by atoms with E-state index in [4.69, 9.17) is 4.74 Å². The molecule has 1 saturated heterocycles. The normalized spacial score (nSPS) is 24.3. The van der Waals surface area contributed by atoms with Gasteiger partial charge < -0.3 is 14.2 Å². The van der Waals surface area contributed by atoms with Crippen LogP contribution < -0.4 is 10.5 Å². The van der Waals surface area contributed by atoms with Gasteiger partial charge in [-0.3, -0.25) is 4.79 Å². The monoisotopic (exact) mass is 251 g/mol. The highest BCUT2D eigenvalue weighted by Crippen LogP contribution is 2.22. The molecule has 0 spiro atoms. The van der Waals surface area contributed by atoms with Crippen molar-refractivity contribution in [3.63, 3.8) is 0 Å². The fraction of sp³-hybridized carbons (Fsp3) is 0.692. The molecule has 18 heavy (non-hydrogen) atoms. The van der Waals surface area contributed by atoms with Crippen LogP contribution in [0.25, 0.3) is 0 Å². The van der Waals surface area contributed by atoms with Crippen LogP contribution in [-0.2, 0) is 11.3 Å². The number of hydrogen-bond acceptors (Lipinski definition) is 4. The zero-order chi connectivity index (χ0) is 13.2. The Hall–Kier alpha value is -1.36. The molecule has 1 aliphatic heterocycles. The summed E-state index contributed by atoms with van der Waals surface area (Å²) in [7, 11) is 0. The lowest BCUT2D eigenvalue weighted by Crippen LogP contribution is -2.51. The van der Waals surface area contributed by atoms with E-state index in [1.807, 2.05) is 11.8 Å². The van der Waals surface area contributed by atoms with E-state index in [2.05, 4.69) is 18.8 Å². The van der Waals surface area contributed by atoms with Crippen LogP contribution >= 0.6 is 0 Å². The molecule has 2 heterocycles. The Morgan fingerprint density at radius 2 is 2.28 bits per heavy atom. The minimum Gasteiger partial charge on any atom is -0.372 e. The first kappa shape index (κ1) is 13.1. The second-order valence-electron chi connectivity index (χ2n) is 4.92. The summed E-state index contributed by atoms with van der Waals surface area (Å²) < 4.78 is 7.47. The summed E-state index contributed by atoms with van der Waals surface area (Å²) in [6.45, 7) is 8.91. The van der Waals surface area contributed by atoms with Gasteiger partial charge in [-0.15, -0.1) is 0 Å². The molecule has 5 nitrogen and oxygen atoms in total. The molecular weight excluding hydrogens is 230 g/mol. The topological polar surface area (TPSA) is 47.4 Å². The number of aryl methyl sites for hydroxylation is 1. The molecule has 0 amide bonds. The number of nitrogens with zero attached hydrogens (tertiary/aromatic N) is 3. The molecule has 0 bridgehead atoms. The average molecular weight is 251 g/mol. The smallest absolute Gasteiger partial charge is 0.293 e. The van der Waals surface area contributed by atoms with E-state index >= 15 is 0 Å². The minimum absolute atomic E-state index is 0.0136. The molecule has 1 fully saturated rings. The number of anilines is 1. The molecule has 2 rings (SSSR count). The number of ether oxygens (including phenoxy) is 1. The van der Waals surface area contributed by atoms with Crippen molar-refractivity contribution in [2.75, 3.05) is 24.6 Å². The van der Waals surface area contributed by atoms with E-state index in [0.29, 0.717) is 19.0 Å². The van der Waals surface area contributed by atoms with E-state index in [9.17, 15) is 4.79 Å². The van der Waals surface area contributed by atoms with Gasteiger partial charge in [-0.05, 0) is 20.3 Å². The number of aromatic nitrogens is 2. The summed E-state index contributed by atoms with van der Waals surface area (Å²) in [5, 5.41) is 0. The maximum absolute atomic E-state index is 12.2. The Morgan fingerprint density at radius 1 is 1.50 bits per heavy atom. The van der Waals surface area contributed by atoms with Crippen LogP contribution in [0.15, 0.2) is 17.2 Å². The molecule has 100 valence electrons. The van der Waals surface area contributed by atoms with E-state index in [1.54, 1.807) is 17.0 Å². The van der Waals surface area contributed by atoms with Gasteiger partial charge in [0.2, 0.25) is 0 Å². The van der Waals surface area contributed by atoms with Crippen molar-refractivity contribution in [3.8, 4) is 0 Å². The van der Waals surface area contributed by atoms with E-state index in [0.717, 1.165) is 19.5 Å². The van der Waals surface area contributed by atoms with Crippen LogP contribution in [0.5, 0.6) is 0 Å². The molecule has 1 atom stereocenters. The lowest BCUT2D eigenvalue weighted by atomic mass is 10.0. The zero-order valence-electron chi connectivity index (χ0n) is 11.3. The van der Waals surface area contributed by atoms with Gasteiger partial charge in [-0.2, -0.15) is 0 Å². The molecular formula is C13H21N3O2. The molecule has 0 aliphatic carbocycles. The van der Waals surface area contributed by atoms with Gasteiger partial charge in [0.15, 0.2) is 5.82 Å². The van der Waals surface area contributed by atoms with Crippen LogP contribution in [-0.4, -0.2) is 34.8 Å². The predicted molar refractivity (Wildman–Crippen MR) is 71.0 cm³/mol. The van der Waals surface area contributed by atoms with E-state index in [1.165, 1.54) is 0 Å². The Kier molecular flexibility index (Phi) is 3.71. The molecule has 0 saturated carbocycles. The van der Waals surface area contributed by atoms with Crippen LogP contribution in [0, 0.1) is 0 Å². The number of morpholine rings is 1. The highest BCUT2D eigenvalue weighted by atomic mass is 16.5. The van der Waals surface area contributed by atoms with Crippen LogP contribution in [0.4, 0.5) is 5.82 Å². The van der Waals surface area contributed by atoms with Crippen molar-refractivity contribution >= 4 is 5.82 Å². The highest BCUT2D eigenvalue weighted by molar-refractivity contribution is 5.37. The number of rotatable bonds is 3. The fourth-order valence-corrected chi connectivity index (χ4v) is 2.23. The summed E-state index contributed by atoms with van der Waals surface area (Å²) >= 11 is 0. The van der Waals surface area contributed by atoms with Crippen molar-refractivity contribution in [2.45, 2.75) is 39.3 Å². The van der Waals surface area contributed by atoms with Crippen molar-refractivity contribution in [1.29, 1.82) is 0 Å². The average Bonchev–Trinajstić information content (AvgIpc) is 2.39. The maximum Gasteiger partial charge on any atom is 0.293 e. The third kappa shape index (κ3) is 2.41. The van der Waals surface area contributed by atoms with Gasteiger partial charge in [0, 0.05) is 32.0 Å². The van der Waals surface area contributed by atoms with E-state index in [-0.39, 0.29) is 11.2 Å². The quantitative estimate of drug-likeness (QED) is 0.811. The molecule has 0 N–H and O–H groups in total. The number of hydrogen-bond donors (Lipinski definition) is 0. The van der Waals surface area contributed by atoms with Crippen molar-refractivity contribution in [2.24, 2.45) is 0 Å². The first-order chi connectivity index (χ1) is 8.59. The van der Waals surface area contributed by atoms with E-state index < -0.39 is 0 Å². The fourth-order valence-electron chi connectivity index (χ4n) is 2.23. The van der Waals surface area contributed by atoms with Crippen molar-refractivity contribution < 1.29 is 4.74 Å². The minimum atomic E-state index is -0.181. The predicted octanol–water partition coefficient (Wildman–Crippen LogP) is 1.27. The van der Waals surface area contributed by atoms with Gasteiger partial charge in [0.25, 0.3) is 5.56 Å². The van der Waals surface area contributed by atoms with Crippen LogP contribution in [0.1, 0.15) is 27.2 Å².